The number of benzene rings is 1. The fraction of sp³-hybridized carbons (Fsp3) is 0.571. The molecular formula is C21H32N6O3. The van der Waals surface area contributed by atoms with Gasteiger partial charge in [0, 0.05) is 24.0 Å². The molecule has 9 nitrogen and oxygen atoms in total. The molecule has 9 heteroatoms. The highest BCUT2D eigenvalue weighted by molar-refractivity contribution is 6.03. The maximum Gasteiger partial charge on any atom is 0.257 e. The van der Waals surface area contributed by atoms with Crippen molar-refractivity contribution < 1.29 is 14.4 Å². The summed E-state index contributed by atoms with van der Waals surface area (Å²) in [5.74, 6) is -1.89. The number of carbonyl (C=O) groups excluding carboxylic acids is 3. The van der Waals surface area contributed by atoms with E-state index in [0.29, 0.717) is 31.7 Å². The second kappa shape index (κ2) is 10.1. The van der Waals surface area contributed by atoms with Crippen LogP contribution in [0.2, 0.25) is 0 Å². The van der Waals surface area contributed by atoms with E-state index in [0.717, 1.165) is 31.2 Å². The lowest BCUT2D eigenvalue weighted by molar-refractivity contribution is -0.136. The van der Waals surface area contributed by atoms with Gasteiger partial charge in [0.05, 0.1) is 6.04 Å². The number of imide groups is 1. The molecule has 2 heterocycles. The first-order valence-electron chi connectivity index (χ1n) is 10.7. The Labute approximate surface area is 176 Å². The van der Waals surface area contributed by atoms with Gasteiger partial charge >= 0.3 is 0 Å². The number of rotatable bonds is 11. The number of piperidine rings is 1. The maximum atomic E-state index is 13.5. The van der Waals surface area contributed by atoms with Gasteiger partial charge in [-0.05, 0) is 57.9 Å². The number of nitrogens with one attached hydrogen (secondary N) is 3. The van der Waals surface area contributed by atoms with Gasteiger partial charge in [-0.1, -0.05) is 18.2 Å². The minimum Gasteiger partial charge on any atom is -0.330 e. The highest BCUT2D eigenvalue weighted by atomic mass is 16.2. The molecule has 1 saturated heterocycles. The fourth-order valence-corrected chi connectivity index (χ4v) is 4.28. The van der Waals surface area contributed by atoms with E-state index in [1.165, 1.54) is 0 Å². The molecule has 164 valence electrons. The molecule has 1 fully saturated rings. The summed E-state index contributed by atoms with van der Waals surface area (Å²) < 4.78 is 0. The largest absolute Gasteiger partial charge is 0.330 e. The topological polar surface area (TPSA) is 143 Å². The summed E-state index contributed by atoms with van der Waals surface area (Å²) >= 11 is 0. The first-order valence-corrected chi connectivity index (χ1v) is 10.7. The fourth-order valence-electron chi connectivity index (χ4n) is 4.28. The van der Waals surface area contributed by atoms with Gasteiger partial charge < -0.3 is 11.5 Å². The number of carbonyl (C=O) groups is 3. The van der Waals surface area contributed by atoms with Gasteiger partial charge in [-0.25, -0.2) is 0 Å². The molecule has 3 rings (SSSR count). The molecule has 0 aliphatic carbocycles. The summed E-state index contributed by atoms with van der Waals surface area (Å²) in [6.45, 7) is 2.45. The molecule has 7 N–H and O–H groups in total. The van der Waals surface area contributed by atoms with Crippen molar-refractivity contribution in [3.05, 3.63) is 35.4 Å². The number of hydrogen-bond acceptors (Lipinski definition) is 7. The number of nitrogens with two attached hydrogens (primary N) is 2. The first-order chi connectivity index (χ1) is 14.5. The average Bonchev–Trinajstić information content (AvgIpc) is 2.97. The summed E-state index contributed by atoms with van der Waals surface area (Å²) in [4.78, 5) is 39.3. The van der Waals surface area contributed by atoms with Crippen molar-refractivity contribution in [3.8, 4) is 0 Å². The van der Waals surface area contributed by atoms with Crippen LogP contribution < -0.4 is 27.4 Å². The Morgan fingerprint density at radius 1 is 0.933 bits per heavy atom. The molecule has 0 bridgehead atoms. The van der Waals surface area contributed by atoms with Gasteiger partial charge in [0.15, 0.2) is 5.79 Å². The monoisotopic (exact) mass is 416 g/mol. The Morgan fingerprint density at radius 3 is 2.07 bits per heavy atom. The van der Waals surface area contributed by atoms with Crippen LogP contribution in [0.1, 0.15) is 54.4 Å². The van der Waals surface area contributed by atoms with Gasteiger partial charge in [-0.3, -0.25) is 35.2 Å². The lowest BCUT2D eigenvalue weighted by Gasteiger charge is -2.45. The molecule has 0 radical (unpaired) electrons. The smallest absolute Gasteiger partial charge is 0.257 e. The number of fused-ring (bicyclic) bond motifs is 1. The second-order valence-corrected chi connectivity index (χ2v) is 7.81. The highest BCUT2D eigenvalue weighted by Crippen LogP contribution is 2.39. The molecule has 0 aromatic heterocycles. The predicted octanol–water partition coefficient (Wildman–Crippen LogP) is -0.285. The minimum absolute atomic E-state index is 0.0855. The standard InChI is InChI=1S/C21H32N6O3/c22-9-3-5-11-24-21(25-12-6-4-10-23)17-8-2-1-7-16(17)20(30)27(21)15-13-18(28)26-19(29)14-15/h1-2,7-8,15,24-25H,3-6,9-14,22-23H2,(H,26,28,29). The van der Waals surface area contributed by atoms with E-state index < -0.39 is 11.8 Å². The van der Waals surface area contributed by atoms with E-state index in [2.05, 4.69) is 16.0 Å². The van der Waals surface area contributed by atoms with Crippen molar-refractivity contribution in [2.45, 2.75) is 50.4 Å². The highest BCUT2D eigenvalue weighted by Gasteiger charge is 2.53. The van der Waals surface area contributed by atoms with E-state index in [-0.39, 0.29) is 30.6 Å². The molecular weight excluding hydrogens is 384 g/mol. The Balaban J connectivity index is 1.98. The third-order valence-electron chi connectivity index (χ3n) is 5.64. The van der Waals surface area contributed by atoms with E-state index in [9.17, 15) is 14.4 Å². The Hall–Kier alpha value is -2.33. The third kappa shape index (κ3) is 4.54. The molecule has 0 atom stereocenters. The Bertz CT molecular complexity index is 756. The van der Waals surface area contributed by atoms with E-state index in [1.807, 2.05) is 18.2 Å². The summed E-state index contributed by atoms with van der Waals surface area (Å²) in [5.41, 5.74) is 12.7. The van der Waals surface area contributed by atoms with E-state index >= 15 is 0 Å². The van der Waals surface area contributed by atoms with Crippen molar-refractivity contribution in [2.24, 2.45) is 11.5 Å². The van der Waals surface area contributed by atoms with Crippen LogP contribution in [0.5, 0.6) is 0 Å². The molecule has 1 aromatic rings. The molecule has 3 amide bonds. The van der Waals surface area contributed by atoms with Crippen molar-refractivity contribution in [2.75, 3.05) is 26.2 Å². The van der Waals surface area contributed by atoms with E-state index in [1.54, 1.807) is 11.0 Å². The van der Waals surface area contributed by atoms with Crippen molar-refractivity contribution in [1.82, 2.24) is 20.9 Å². The second-order valence-electron chi connectivity index (χ2n) is 7.81. The van der Waals surface area contributed by atoms with Crippen LogP contribution in [0.3, 0.4) is 0 Å². The van der Waals surface area contributed by atoms with Crippen LogP contribution >= 0.6 is 0 Å². The Morgan fingerprint density at radius 2 is 1.50 bits per heavy atom. The van der Waals surface area contributed by atoms with Gasteiger partial charge in [0.2, 0.25) is 11.8 Å². The maximum absolute atomic E-state index is 13.5. The zero-order valence-corrected chi connectivity index (χ0v) is 17.3. The van der Waals surface area contributed by atoms with Gasteiger partial charge in [-0.2, -0.15) is 0 Å². The zero-order chi connectivity index (χ0) is 21.6. The number of unbranched alkanes of at least 4 members (excludes halogenated alkanes) is 2. The first kappa shape index (κ1) is 22.4. The molecule has 0 unspecified atom stereocenters. The lowest BCUT2D eigenvalue weighted by Crippen LogP contribution is -2.67. The lowest BCUT2D eigenvalue weighted by atomic mass is 10.00. The predicted molar refractivity (Wildman–Crippen MR) is 113 cm³/mol. The molecule has 0 saturated carbocycles. The zero-order valence-electron chi connectivity index (χ0n) is 17.3. The van der Waals surface area contributed by atoms with Crippen LogP contribution in [0, 0.1) is 0 Å². The van der Waals surface area contributed by atoms with Gasteiger partial charge in [0.25, 0.3) is 5.91 Å². The summed E-state index contributed by atoms with van der Waals surface area (Å²) in [7, 11) is 0. The van der Waals surface area contributed by atoms with Crippen LogP contribution in [0.15, 0.2) is 24.3 Å². The van der Waals surface area contributed by atoms with Crippen molar-refractivity contribution in [3.63, 3.8) is 0 Å². The van der Waals surface area contributed by atoms with Crippen LogP contribution in [0.25, 0.3) is 0 Å². The molecule has 0 spiro atoms. The number of nitrogens with zero attached hydrogens (tertiary/aromatic N) is 1. The molecule has 2 aliphatic rings. The number of amides is 3. The third-order valence-corrected chi connectivity index (χ3v) is 5.64. The summed E-state index contributed by atoms with van der Waals surface area (Å²) in [6.07, 6.45) is 3.57. The van der Waals surface area contributed by atoms with Gasteiger partial charge in [-0.15, -0.1) is 0 Å². The molecule has 1 aromatic carbocycles. The summed E-state index contributed by atoms with van der Waals surface area (Å²) in [5, 5.41) is 9.40. The minimum atomic E-state index is -0.987. The van der Waals surface area contributed by atoms with Crippen molar-refractivity contribution in [1.29, 1.82) is 0 Å². The molecule has 30 heavy (non-hydrogen) atoms. The SMILES string of the molecule is NCCCCNC1(NCCCCN)c2ccccc2C(=O)N1C1CC(=O)NC(=O)C1. The molecule has 2 aliphatic heterocycles. The van der Waals surface area contributed by atoms with Crippen LogP contribution in [-0.2, 0) is 15.4 Å². The van der Waals surface area contributed by atoms with Crippen LogP contribution in [-0.4, -0.2) is 54.8 Å². The van der Waals surface area contributed by atoms with Crippen molar-refractivity contribution >= 4 is 17.7 Å². The normalized spacial score (nSPS) is 18.6. The average molecular weight is 417 g/mol. The van der Waals surface area contributed by atoms with Crippen LogP contribution in [0.4, 0.5) is 0 Å². The summed E-state index contributed by atoms with van der Waals surface area (Å²) in [6, 6.07) is 6.90. The van der Waals surface area contributed by atoms with Gasteiger partial charge in [0.1, 0.15) is 0 Å². The Kier molecular flexibility index (Phi) is 7.54. The number of hydrogen-bond donors (Lipinski definition) is 5. The van der Waals surface area contributed by atoms with E-state index in [4.69, 9.17) is 11.5 Å². The quantitative estimate of drug-likeness (QED) is 0.190.